The predicted molar refractivity (Wildman–Crippen MR) is 105 cm³/mol. The van der Waals surface area contributed by atoms with Crippen LogP contribution in [-0.4, -0.2) is 32.3 Å². The molecule has 2 heterocycles. The summed E-state index contributed by atoms with van der Waals surface area (Å²) in [7, 11) is 1.45. The third-order valence-electron chi connectivity index (χ3n) is 4.06. The van der Waals surface area contributed by atoms with Gasteiger partial charge in [-0.05, 0) is 30.3 Å². The number of hydrogen-bond acceptors (Lipinski definition) is 7. The molecule has 31 heavy (non-hydrogen) atoms. The third-order valence-corrected chi connectivity index (χ3v) is 4.06. The number of methoxy groups -OCH3 is 1. The van der Waals surface area contributed by atoms with Crippen LogP contribution >= 0.6 is 0 Å². The number of anilines is 2. The van der Waals surface area contributed by atoms with Crippen molar-refractivity contribution in [3.05, 3.63) is 66.4 Å². The van der Waals surface area contributed by atoms with Gasteiger partial charge in [-0.15, -0.1) is 10.2 Å². The molecule has 0 bridgehead atoms. The Hall–Kier alpha value is -4.15. The van der Waals surface area contributed by atoms with E-state index < -0.39 is 11.7 Å². The van der Waals surface area contributed by atoms with Gasteiger partial charge in [0.15, 0.2) is 5.82 Å². The zero-order valence-electron chi connectivity index (χ0n) is 16.0. The van der Waals surface area contributed by atoms with Gasteiger partial charge in [-0.1, -0.05) is 18.2 Å². The second kappa shape index (κ2) is 8.30. The Morgan fingerprint density at radius 1 is 1.00 bits per heavy atom. The van der Waals surface area contributed by atoms with E-state index in [1.807, 2.05) is 0 Å². The quantitative estimate of drug-likeness (QED) is 0.454. The molecule has 0 spiro atoms. The lowest BCUT2D eigenvalue weighted by Gasteiger charge is -2.08. The van der Waals surface area contributed by atoms with Gasteiger partial charge in [-0.25, -0.2) is 4.98 Å². The first-order valence-corrected chi connectivity index (χ1v) is 8.93. The summed E-state index contributed by atoms with van der Waals surface area (Å²) < 4.78 is 49.3. The molecule has 0 atom stereocenters. The van der Waals surface area contributed by atoms with Gasteiger partial charge in [0.2, 0.25) is 11.8 Å². The highest BCUT2D eigenvalue weighted by Crippen LogP contribution is 2.31. The lowest BCUT2D eigenvalue weighted by atomic mass is 10.2. The van der Waals surface area contributed by atoms with Gasteiger partial charge in [-0.3, -0.25) is 0 Å². The summed E-state index contributed by atoms with van der Waals surface area (Å²) in [6.07, 6.45) is -2.93. The van der Waals surface area contributed by atoms with Crippen molar-refractivity contribution in [3.63, 3.8) is 0 Å². The van der Waals surface area contributed by atoms with Crippen molar-refractivity contribution in [3.8, 4) is 29.0 Å². The lowest BCUT2D eigenvalue weighted by Crippen LogP contribution is -2.05. The van der Waals surface area contributed by atoms with Gasteiger partial charge in [0.1, 0.15) is 5.75 Å². The van der Waals surface area contributed by atoms with E-state index in [-0.39, 0.29) is 17.6 Å². The maximum atomic E-state index is 12.9. The molecule has 0 aliphatic heterocycles. The highest BCUT2D eigenvalue weighted by Gasteiger charge is 2.30. The molecule has 4 aromatic rings. The van der Waals surface area contributed by atoms with Crippen LogP contribution in [0.2, 0.25) is 0 Å². The normalized spacial score (nSPS) is 11.2. The fourth-order valence-corrected chi connectivity index (χ4v) is 2.67. The third kappa shape index (κ3) is 4.89. The van der Waals surface area contributed by atoms with E-state index in [4.69, 9.17) is 9.47 Å². The van der Waals surface area contributed by atoms with Gasteiger partial charge in [0.05, 0.1) is 12.7 Å². The van der Waals surface area contributed by atoms with Crippen LogP contribution in [0.15, 0.2) is 60.8 Å². The van der Waals surface area contributed by atoms with E-state index in [0.717, 1.165) is 12.1 Å². The molecule has 2 N–H and O–H groups in total. The molecule has 0 aliphatic carbocycles. The predicted octanol–water partition coefficient (Wildman–Crippen LogP) is 4.83. The maximum Gasteiger partial charge on any atom is 0.416 e. The largest absolute Gasteiger partial charge is 0.467 e. The minimum Gasteiger partial charge on any atom is -0.467 e. The van der Waals surface area contributed by atoms with Crippen LogP contribution in [0.25, 0.3) is 11.4 Å². The fraction of sp³-hybridized carbons (Fsp3) is 0.100. The maximum absolute atomic E-state index is 12.9. The highest BCUT2D eigenvalue weighted by molar-refractivity contribution is 5.61. The first kappa shape index (κ1) is 20.1. The molecule has 0 unspecified atom stereocenters. The molecule has 2 aromatic carbocycles. The van der Waals surface area contributed by atoms with Crippen LogP contribution in [0, 0.1) is 0 Å². The molecule has 8 nitrogen and oxygen atoms in total. The number of halogens is 3. The van der Waals surface area contributed by atoms with E-state index in [2.05, 4.69) is 30.5 Å². The van der Waals surface area contributed by atoms with E-state index >= 15 is 0 Å². The Labute approximate surface area is 174 Å². The summed E-state index contributed by atoms with van der Waals surface area (Å²) in [6, 6.07) is 13.5. The van der Waals surface area contributed by atoms with Crippen molar-refractivity contribution >= 4 is 11.6 Å². The van der Waals surface area contributed by atoms with Crippen LogP contribution in [0.1, 0.15) is 5.56 Å². The zero-order valence-corrected chi connectivity index (χ0v) is 16.0. The second-order valence-electron chi connectivity index (χ2n) is 6.24. The van der Waals surface area contributed by atoms with Crippen LogP contribution in [0.3, 0.4) is 0 Å². The van der Waals surface area contributed by atoms with E-state index in [9.17, 15) is 13.2 Å². The average Bonchev–Trinajstić information content (AvgIpc) is 3.22. The van der Waals surface area contributed by atoms with Crippen molar-refractivity contribution in [1.29, 1.82) is 0 Å². The number of alkyl halides is 3. The number of benzene rings is 2. The Bertz CT molecular complexity index is 1200. The molecular formula is C20H15F3N6O2. The molecule has 0 fully saturated rings. The Balaban J connectivity index is 1.51. The number of hydrogen-bond donors (Lipinski definition) is 2. The summed E-state index contributed by atoms with van der Waals surface area (Å²) in [5.74, 6) is 1.39. The van der Waals surface area contributed by atoms with Gasteiger partial charge in [-0.2, -0.15) is 18.2 Å². The number of aromatic nitrogens is 5. The molecule has 11 heteroatoms. The van der Waals surface area contributed by atoms with Crippen molar-refractivity contribution in [2.24, 2.45) is 0 Å². The second-order valence-corrected chi connectivity index (χ2v) is 6.24. The minimum absolute atomic E-state index is 0.175. The number of ether oxygens (including phenoxy) is 2. The van der Waals surface area contributed by atoms with Crippen molar-refractivity contribution in [2.45, 2.75) is 6.18 Å². The van der Waals surface area contributed by atoms with Crippen LogP contribution in [-0.2, 0) is 6.18 Å². The summed E-state index contributed by atoms with van der Waals surface area (Å²) in [4.78, 5) is 10.9. The molecule has 158 valence electrons. The van der Waals surface area contributed by atoms with Crippen LogP contribution in [0.4, 0.5) is 24.8 Å². The average molecular weight is 428 g/mol. The number of nitrogens with zero attached hydrogens (tertiary/aromatic N) is 4. The van der Waals surface area contributed by atoms with E-state index in [0.29, 0.717) is 23.0 Å². The Morgan fingerprint density at radius 2 is 1.84 bits per heavy atom. The number of nitrogens with one attached hydrogen (secondary N) is 2. The van der Waals surface area contributed by atoms with E-state index in [1.165, 1.54) is 25.4 Å². The van der Waals surface area contributed by atoms with Gasteiger partial charge in [0.25, 0.3) is 0 Å². The molecule has 2 aromatic heterocycles. The lowest BCUT2D eigenvalue weighted by molar-refractivity contribution is -0.137. The van der Waals surface area contributed by atoms with Crippen molar-refractivity contribution in [2.75, 3.05) is 12.4 Å². The van der Waals surface area contributed by atoms with Crippen LogP contribution < -0.4 is 14.8 Å². The summed E-state index contributed by atoms with van der Waals surface area (Å²) >= 11 is 0. The van der Waals surface area contributed by atoms with Crippen molar-refractivity contribution < 1.29 is 22.6 Å². The topological polar surface area (TPSA) is 97.8 Å². The molecule has 0 amide bonds. The highest BCUT2D eigenvalue weighted by atomic mass is 19.4. The summed E-state index contributed by atoms with van der Waals surface area (Å²) in [5, 5.41) is 10.8. The van der Waals surface area contributed by atoms with Gasteiger partial charge < -0.3 is 19.8 Å². The van der Waals surface area contributed by atoms with Gasteiger partial charge in [0, 0.05) is 23.5 Å². The SMILES string of the molecule is COc1nccc(Oc2cccc(-c3nnc(Nc4cccc(C(F)(F)F)c4)[nH]3)c2)n1. The number of H-pyrrole nitrogens is 1. The molecule has 0 saturated heterocycles. The minimum atomic E-state index is -4.43. The Kier molecular flexibility index (Phi) is 5.39. The summed E-state index contributed by atoms with van der Waals surface area (Å²) in [6.45, 7) is 0. The fourth-order valence-electron chi connectivity index (χ4n) is 2.67. The molecule has 0 aliphatic rings. The monoisotopic (exact) mass is 428 g/mol. The summed E-state index contributed by atoms with van der Waals surface area (Å²) in [5.41, 5.74) is 0.124. The Morgan fingerprint density at radius 3 is 2.65 bits per heavy atom. The first-order chi connectivity index (χ1) is 14.9. The van der Waals surface area contributed by atoms with Crippen molar-refractivity contribution in [1.82, 2.24) is 25.1 Å². The number of aromatic amines is 1. The molecular weight excluding hydrogens is 413 g/mol. The van der Waals surface area contributed by atoms with Gasteiger partial charge >= 0.3 is 12.2 Å². The number of rotatable bonds is 6. The molecule has 0 saturated carbocycles. The smallest absolute Gasteiger partial charge is 0.416 e. The standard InChI is InChI=1S/C20H15F3N6O2/c1-30-19-24-9-8-16(26-19)31-15-7-2-4-12(10-15)17-27-18(29-28-17)25-14-6-3-5-13(11-14)20(21,22)23/h2-11H,1H3,(H2,25,27,28,29). The first-order valence-electron chi connectivity index (χ1n) is 8.93. The van der Waals surface area contributed by atoms with E-state index in [1.54, 1.807) is 30.3 Å². The van der Waals surface area contributed by atoms with Crippen LogP contribution in [0.5, 0.6) is 17.6 Å². The molecule has 0 radical (unpaired) electrons. The molecule has 4 rings (SSSR count). The zero-order chi connectivity index (χ0) is 21.8.